The molecule has 1 atom stereocenters. The number of nitrogens with one attached hydrogen (secondary N) is 1. The Bertz CT molecular complexity index is 278. The number of nitrogens with zero attached hydrogens (tertiary/aromatic N) is 2. The first kappa shape index (κ1) is 11.9. The summed E-state index contributed by atoms with van der Waals surface area (Å²) in [6.45, 7) is 6.31. The average molecular weight is 221 g/mol. The van der Waals surface area contributed by atoms with Crippen LogP contribution in [0.4, 0.5) is 0 Å². The standard InChI is InChI=1S/C8H19N3O2S/c1-4-10(3)14(12,13)11-6-5-9-7-8(11)2/h8-9H,4-7H2,1-3H3/t8-/m1/s1. The fourth-order valence-electron chi connectivity index (χ4n) is 1.51. The van der Waals surface area contributed by atoms with Crippen molar-refractivity contribution in [3.05, 3.63) is 0 Å². The molecule has 0 aliphatic carbocycles. The highest BCUT2D eigenvalue weighted by molar-refractivity contribution is 7.86. The van der Waals surface area contributed by atoms with E-state index >= 15 is 0 Å². The van der Waals surface area contributed by atoms with Gasteiger partial charge in [0, 0.05) is 39.3 Å². The molecule has 1 N–H and O–H groups in total. The first-order chi connectivity index (χ1) is 6.50. The molecule has 1 rings (SSSR count). The van der Waals surface area contributed by atoms with E-state index in [1.807, 2.05) is 13.8 Å². The van der Waals surface area contributed by atoms with Crippen molar-refractivity contribution in [2.75, 3.05) is 33.2 Å². The fraction of sp³-hybridized carbons (Fsp3) is 1.00. The first-order valence-electron chi connectivity index (χ1n) is 4.94. The second-order valence-corrected chi connectivity index (χ2v) is 5.57. The number of hydrogen-bond acceptors (Lipinski definition) is 3. The summed E-state index contributed by atoms with van der Waals surface area (Å²) in [7, 11) is -1.62. The van der Waals surface area contributed by atoms with Crippen molar-refractivity contribution >= 4 is 10.2 Å². The summed E-state index contributed by atoms with van der Waals surface area (Å²) < 4.78 is 26.8. The highest BCUT2D eigenvalue weighted by atomic mass is 32.2. The summed E-state index contributed by atoms with van der Waals surface area (Å²) in [4.78, 5) is 0. The first-order valence-corrected chi connectivity index (χ1v) is 6.33. The van der Waals surface area contributed by atoms with Crippen LogP contribution in [-0.4, -0.2) is 56.3 Å². The summed E-state index contributed by atoms with van der Waals surface area (Å²) in [5.41, 5.74) is 0. The molecule has 5 nitrogen and oxygen atoms in total. The lowest BCUT2D eigenvalue weighted by atomic mass is 10.3. The quantitative estimate of drug-likeness (QED) is 0.697. The predicted molar refractivity (Wildman–Crippen MR) is 56.3 cm³/mol. The van der Waals surface area contributed by atoms with E-state index in [0.29, 0.717) is 13.1 Å². The molecule has 0 aromatic rings. The normalized spacial score (nSPS) is 25.6. The van der Waals surface area contributed by atoms with Gasteiger partial charge in [0.15, 0.2) is 0 Å². The molecule has 84 valence electrons. The van der Waals surface area contributed by atoms with Crippen LogP contribution >= 0.6 is 0 Å². The summed E-state index contributed by atoms with van der Waals surface area (Å²) in [5.74, 6) is 0. The van der Waals surface area contributed by atoms with Crippen molar-refractivity contribution in [3.63, 3.8) is 0 Å². The van der Waals surface area contributed by atoms with Crippen LogP contribution < -0.4 is 5.32 Å². The van der Waals surface area contributed by atoms with E-state index in [4.69, 9.17) is 0 Å². The van der Waals surface area contributed by atoms with Crippen LogP contribution in [0.15, 0.2) is 0 Å². The van der Waals surface area contributed by atoms with Gasteiger partial charge in [0.2, 0.25) is 0 Å². The van der Waals surface area contributed by atoms with Crippen molar-refractivity contribution in [2.45, 2.75) is 19.9 Å². The Morgan fingerprint density at radius 3 is 2.71 bits per heavy atom. The molecule has 1 saturated heterocycles. The van der Waals surface area contributed by atoms with Crippen molar-refractivity contribution in [2.24, 2.45) is 0 Å². The highest BCUT2D eigenvalue weighted by Gasteiger charge is 2.31. The topological polar surface area (TPSA) is 52.7 Å². The van der Waals surface area contributed by atoms with Crippen LogP contribution in [-0.2, 0) is 10.2 Å². The molecule has 1 fully saturated rings. The van der Waals surface area contributed by atoms with Crippen LogP contribution in [0.5, 0.6) is 0 Å². The molecule has 1 aliphatic rings. The van der Waals surface area contributed by atoms with E-state index in [1.54, 1.807) is 11.4 Å². The van der Waals surface area contributed by atoms with Gasteiger partial charge in [-0.05, 0) is 6.92 Å². The smallest absolute Gasteiger partial charge is 0.282 e. The average Bonchev–Trinajstić information content (AvgIpc) is 2.17. The van der Waals surface area contributed by atoms with Crippen LogP contribution in [0.2, 0.25) is 0 Å². The third kappa shape index (κ3) is 2.25. The van der Waals surface area contributed by atoms with Gasteiger partial charge >= 0.3 is 0 Å². The van der Waals surface area contributed by atoms with Gasteiger partial charge in [-0.1, -0.05) is 6.92 Å². The Morgan fingerprint density at radius 1 is 1.57 bits per heavy atom. The zero-order valence-electron chi connectivity index (χ0n) is 9.02. The Labute approximate surface area is 86.3 Å². The van der Waals surface area contributed by atoms with E-state index < -0.39 is 10.2 Å². The van der Waals surface area contributed by atoms with Crippen molar-refractivity contribution in [1.29, 1.82) is 0 Å². The molecule has 0 aromatic heterocycles. The van der Waals surface area contributed by atoms with Crippen molar-refractivity contribution < 1.29 is 8.42 Å². The minimum Gasteiger partial charge on any atom is -0.314 e. The molecular weight excluding hydrogens is 202 g/mol. The summed E-state index contributed by atoms with van der Waals surface area (Å²) in [6.07, 6.45) is 0. The number of rotatable bonds is 3. The van der Waals surface area contributed by atoms with Gasteiger partial charge < -0.3 is 5.32 Å². The lowest BCUT2D eigenvalue weighted by molar-refractivity contribution is 0.265. The lowest BCUT2D eigenvalue weighted by Gasteiger charge is -2.35. The molecule has 14 heavy (non-hydrogen) atoms. The van der Waals surface area contributed by atoms with Crippen LogP contribution in [0, 0.1) is 0 Å². The second-order valence-electron chi connectivity index (χ2n) is 3.59. The largest absolute Gasteiger partial charge is 0.314 e. The maximum Gasteiger partial charge on any atom is 0.282 e. The van der Waals surface area contributed by atoms with Gasteiger partial charge in [0.05, 0.1) is 0 Å². The van der Waals surface area contributed by atoms with Gasteiger partial charge in [-0.15, -0.1) is 0 Å². The van der Waals surface area contributed by atoms with Gasteiger partial charge in [-0.25, -0.2) is 0 Å². The van der Waals surface area contributed by atoms with Gasteiger partial charge in [0.25, 0.3) is 10.2 Å². The Hall–Kier alpha value is -0.170. The zero-order valence-corrected chi connectivity index (χ0v) is 9.84. The molecule has 0 radical (unpaired) electrons. The SMILES string of the molecule is CCN(C)S(=O)(=O)N1CCNC[C@H]1C. The van der Waals surface area contributed by atoms with E-state index in [9.17, 15) is 8.42 Å². The molecule has 1 aliphatic heterocycles. The maximum atomic E-state index is 12.0. The molecule has 6 heteroatoms. The van der Waals surface area contributed by atoms with Gasteiger partial charge in [0.1, 0.15) is 0 Å². The molecule has 0 bridgehead atoms. The predicted octanol–water partition coefficient (Wildman–Crippen LogP) is -0.523. The summed E-state index contributed by atoms with van der Waals surface area (Å²) in [5, 5.41) is 3.17. The molecule has 0 amide bonds. The van der Waals surface area contributed by atoms with Gasteiger partial charge in [-0.2, -0.15) is 17.0 Å². The second kappa shape index (κ2) is 4.57. The molecular formula is C8H19N3O2S. The lowest BCUT2D eigenvalue weighted by Crippen LogP contribution is -2.55. The molecule has 0 unspecified atom stereocenters. The third-order valence-electron chi connectivity index (χ3n) is 2.58. The van der Waals surface area contributed by atoms with Crippen molar-refractivity contribution in [3.8, 4) is 0 Å². The molecule has 0 spiro atoms. The van der Waals surface area contributed by atoms with E-state index in [1.165, 1.54) is 4.31 Å². The Balaban J connectivity index is 2.80. The molecule has 0 saturated carbocycles. The van der Waals surface area contributed by atoms with Gasteiger partial charge in [-0.3, -0.25) is 0 Å². The maximum absolute atomic E-state index is 12.0. The van der Waals surface area contributed by atoms with Crippen molar-refractivity contribution in [1.82, 2.24) is 13.9 Å². The summed E-state index contributed by atoms with van der Waals surface area (Å²) >= 11 is 0. The molecule has 0 aromatic carbocycles. The number of piperazine rings is 1. The van der Waals surface area contributed by atoms with E-state index in [2.05, 4.69) is 5.32 Å². The highest BCUT2D eigenvalue weighted by Crippen LogP contribution is 2.12. The van der Waals surface area contributed by atoms with Crippen LogP contribution in [0.1, 0.15) is 13.8 Å². The summed E-state index contributed by atoms with van der Waals surface area (Å²) in [6, 6.07) is 0.0442. The van der Waals surface area contributed by atoms with Crippen LogP contribution in [0.25, 0.3) is 0 Å². The molecule has 1 heterocycles. The van der Waals surface area contributed by atoms with E-state index in [-0.39, 0.29) is 6.04 Å². The van der Waals surface area contributed by atoms with Crippen LogP contribution in [0.3, 0.4) is 0 Å². The minimum absolute atomic E-state index is 0.0442. The minimum atomic E-state index is -3.23. The Morgan fingerprint density at radius 2 is 2.21 bits per heavy atom. The van der Waals surface area contributed by atoms with E-state index in [0.717, 1.165) is 13.1 Å². The zero-order chi connectivity index (χ0) is 10.8. The third-order valence-corrected chi connectivity index (χ3v) is 4.76. The Kier molecular flexibility index (Phi) is 3.88. The monoisotopic (exact) mass is 221 g/mol. The number of hydrogen-bond donors (Lipinski definition) is 1. The fourth-order valence-corrected chi connectivity index (χ4v) is 3.04.